The molecule has 2 aromatic rings. The Kier molecular flexibility index (Phi) is 5.89. The molecule has 1 amide bonds. The molecular weight excluding hydrogens is 340 g/mol. The second-order valence-corrected chi connectivity index (χ2v) is 6.97. The zero-order valence-corrected chi connectivity index (χ0v) is 16.6. The molecule has 144 valence electrons. The van der Waals surface area contributed by atoms with Crippen molar-refractivity contribution < 1.29 is 14.3 Å². The van der Waals surface area contributed by atoms with Gasteiger partial charge in [-0.25, -0.2) is 0 Å². The third-order valence-corrected chi connectivity index (χ3v) is 5.23. The maximum absolute atomic E-state index is 12.7. The quantitative estimate of drug-likeness (QED) is 0.811. The molecule has 0 unspecified atom stereocenters. The Bertz CT molecular complexity index is 781. The van der Waals surface area contributed by atoms with Crippen molar-refractivity contribution in [3.8, 4) is 11.5 Å². The number of amides is 1. The summed E-state index contributed by atoms with van der Waals surface area (Å²) in [7, 11) is 1.62. The number of methoxy groups -OCH3 is 1. The van der Waals surface area contributed by atoms with E-state index in [0.717, 1.165) is 18.8 Å². The van der Waals surface area contributed by atoms with Crippen molar-refractivity contribution in [1.82, 2.24) is 4.90 Å². The van der Waals surface area contributed by atoms with E-state index < -0.39 is 6.10 Å². The third kappa shape index (κ3) is 4.35. The number of benzene rings is 2. The monoisotopic (exact) mass is 368 g/mol. The third-order valence-electron chi connectivity index (χ3n) is 5.23. The molecule has 5 nitrogen and oxygen atoms in total. The molecule has 0 N–H and O–H groups in total. The highest BCUT2D eigenvalue weighted by atomic mass is 16.5. The van der Waals surface area contributed by atoms with Gasteiger partial charge in [0.2, 0.25) is 0 Å². The number of anilines is 1. The van der Waals surface area contributed by atoms with E-state index in [0.29, 0.717) is 18.8 Å². The molecule has 0 aromatic heterocycles. The predicted molar refractivity (Wildman–Crippen MR) is 108 cm³/mol. The minimum atomic E-state index is -0.509. The van der Waals surface area contributed by atoms with Gasteiger partial charge in [-0.15, -0.1) is 0 Å². The van der Waals surface area contributed by atoms with E-state index in [-0.39, 0.29) is 5.91 Å². The standard InChI is InChI=1S/C22H28N2O3/c1-16-6-5-7-21(17(16)2)23-12-14-24(15-13-23)22(25)18(3)27-20-10-8-19(26-4)9-11-20/h5-11,18H,12-15H2,1-4H3/t18-/m1/s1. The number of nitrogens with zero attached hydrogens (tertiary/aromatic N) is 2. The van der Waals surface area contributed by atoms with Crippen LogP contribution in [0.4, 0.5) is 5.69 Å². The first-order valence-electron chi connectivity index (χ1n) is 9.40. The fourth-order valence-corrected chi connectivity index (χ4v) is 3.41. The Morgan fingerprint density at radius 2 is 1.59 bits per heavy atom. The number of aryl methyl sites for hydroxylation is 1. The number of hydrogen-bond acceptors (Lipinski definition) is 4. The minimum absolute atomic E-state index is 0.0337. The molecule has 1 heterocycles. The average molecular weight is 368 g/mol. The molecular formula is C22H28N2O3. The second kappa shape index (κ2) is 8.33. The first-order valence-corrected chi connectivity index (χ1v) is 9.40. The lowest BCUT2D eigenvalue weighted by atomic mass is 10.1. The lowest BCUT2D eigenvalue weighted by molar-refractivity contribution is -0.138. The molecule has 1 fully saturated rings. The van der Waals surface area contributed by atoms with Gasteiger partial charge in [-0.1, -0.05) is 12.1 Å². The van der Waals surface area contributed by atoms with Crippen molar-refractivity contribution in [2.24, 2.45) is 0 Å². The van der Waals surface area contributed by atoms with Gasteiger partial charge in [0.15, 0.2) is 6.10 Å². The Labute approximate surface area is 161 Å². The maximum atomic E-state index is 12.7. The molecule has 3 rings (SSSR count). The van der Waals surface area contributed by atoms with E-state index in [2.05, 4.69) is 36.9 Å². The Hall–Kier alpha value is -2.69. The summed E-state index contributed by atoms with van der Waals surface area (Å²) >= 11 is 0. The summed E-state index contributed by atoms with van der Waals surface area (Å²) in [4.78, 5) is 17.0. The summed E-state index contributed by atoms with van der Waals surface area (Å²) in [6.07, 6.45) is -0.509. The van der Waals surface area contributed by atoms with Crippen LogP contribution in [0, 0.1) is 13.8 Å². The van der Waals surface area contributed by atoms with Crippen LogP contribution >= 0.6 is 0 Å². The van der Waals surface area contributed by atoms with Gasteiger partial charge in [-0.2, -0.15) is 0 Å². The lowest BCUT2D eigenvalue weighted by Gasteiger charge is -2.37. The molecule has 1 aliphatic rings. The predicted octanol–water partition coefficient (Wildman–Crippen LogP) is 3.43. The molecule has 2 aromatic carbocycles. The number of piperazine rings is 1. The smallest absolute Gasteiger partial charge is 0.263 e. The van der Waals surface area contributed by atoms with Crippen molar-refractivity contribution in [2.45, 2.75) is 26.9 Å². The van der Waals surface area contributed by atoms with Gasteiger partial charge in [-0.3, -0.25) is 4.79 Å². The highest BCUT2D eigenvalue weighted by molar-refractivity contribution is 5.81. The second-order valence-electron chi connectivity index (χ2n) is 6.97. The van der Waals surface area contributed by atoms with Crippen LogP contribution in [0.15, 0.2) is 42.5 Å². The van der Waals surface area contributed by atoms with Crippen molar-refractivity contribution in [2.75, 3.05) is 38.2 Å². The van der Waals surface area contributed by atoms with Crippen LogP contribution < -0.4 is 14.4 Å². The van der Waals surface area contributed by atoms with Crippen LogP contribution in [-0.4, -0.2) is 50.2 Å². The van der Waals surface area contributed by atoms with E-state index in [1.807, 2.05) is 36.1 Å². The van der Waals surface area contributed by atoms with Crippen molar-refractivity contribution in [1.29, 1.82) is 0 Å². The van der Waals surface area contributed by atoms with Crippen LogP contribution in [0.1, 0.15) is 18.1 Å². The fourth-order valence-electron chi connectivity index (χ4n) is 3.41. The number of ether oxygens (including phenoxy) is 2. The Balaban J connectivity index is 1.56. The minimum Gasteiger partial charge on any atom is -0.497 e. The number of carbonyl (C=O) groups excluding carboxylic acids is 1. The molecule has 1 atom stereocenters. The van der Waals surface area contributed by atoms with Gasteiger partial charge >= 0.3 is 0 Å². The van der Waals surface area contributed by atoms with Crippen LogP contribution in [-0.2, 0) is 4.79 Å². The van der Waals surface area contributed by atoms with Gasteiger partial charge in [0.1, 0.15) is 11.5 Å². The zero-order valence-electron chi connectivity index (χ0n) is 16.6. The summed E-state index contributed by atoms with van der Waals surface area (Å²) in [6, 6.07) is 13.7. The highest BCUT2D eigenvalue weighted by Crippen LogP contribution is 2.24. The molecule has 0 saturated carbocycles. The summed E-state index contributed by atoms with van der Waals surface area (Å²) in [5, 5.41) is 0. The highest BCUT2D eigenvalue weighted by Gasteiger charge is 2.26. The van der Waals surface area contributed by atoms with E-state index >= 15 is 0 Å². The first kappa shape index (κ1) is 19.1. The molecule has 0 spiro atoms. The summed E-state index contributed by atoms with van der Waals surface area (Å²) in [5.41, 5.74) is 3.88. The zero-order chi connectivity index (χ0) is 19.4. The van der Waals surface area contributed by atoms with Crippen molar-refractivity contribution >= 4 is 11.6 Å². The van der Waals surface area contributed by atoms with Crippen LogP contribution in [0.3, 0.4) is 0 Å². The van der Waals surface area contributed by atoms with Gasteiger partial charge in [0.05, 0.1) is 7.11 Å². The molecule has 0 bridgehead atoms. The largest absolute Gasteiger partial charge is 0.497 e. The topological polar surface area (TPSA) is 42.0 Å². The average Bonchev–Trinajstić information content (AvgIpc) is 2.70. The van der Waals surface area contributed by atoms with Crippen LogP contribution in [0.2, 0.25) is 0 Å². The molecule has 0 aliphatic carbocycles. The van der Waals surface area contributed by atoms with Gasteiger partial charge in [0, 0.05) is 31.9 Å². The number of hydrogen-bond donors (Lipinski definition) is 0. The summed E-state index contributed by atoms with van der Waals surface area (Å²) in [6.45, 7) is 9.20. The van der Waals surface area contributed by atoms with E-state index in [4.69, 9.17) is 9.47 Å². The molecule has 1 saturated heterocycles. The Morgan fingerprint density at radius 3 is 2.22 bits per heavy atom. The van der Waals surface area contributed by atoms with E-state index in [1.54, 1.807) is 7.11 Å². The number of carbonyl (C=O) groups is 1. The molecule has 5 heteroatoms. The van der Waals surface area contributed by atoms with Crippen LogP contribution in [0.25, 0.3) is 0 Å². The summed E-state index contributed by atoms with van der Waals surface area (Å²) < 4.78 is 11.0. The SMILES string of the molecule is COc1ccc(O[C@H](C)C(=O)N2CCN(c3cccc(C)c3C)CC2)cc1. The first-order chi connectivity index (χ1) is 13.0. The van der Waals surface area contributed by atoms with Gasteiger partial charge in [0.25, 0.3) is 5.91 Å². The molecule has 1 aliphatic heterocycles. The maximum Gasteiger partial charge on any atom is 0.263 e. The Morgan fingerprint density at radius 1 is 0.963 bits per heavy atom. The molecule has 0 radical (unpaired) electrons. The normalized spacial score (nSPS) is 15.4. The fraction of sp³-hybridized carbons (Fsp3) is 0.409. The van der Waals surface area contributed by atoms with Gasteiger partial charge < -0.3 is 19.3 Å². The lowest BCUT2D eigenvalue weighted by Crippen LogP contribution is -2.52. The van der Waals surface area contributed by atoms with E-state index in [9.17, 15) is 4.79 Å². The van der Waals surface area contributed by atoms with Crippen molar-refractivity contribution in [3.63, 3.8) is 0 Å². The van der Waals surface area contributed by atoms with Crippen LogP contribution in [0.5, 0.6) is 11.5 Å². The summed E-state index contributed by atoms with van der Waals surface area (Å²) in [5.74, 6) is 1.47. The molecule has 27 heavy (non-hydrogen) atoms. The van der Waals surface area contributed by atoms with Crippen molar-refractivity contribution in [3.05, 3.63) is 53.6 Å². The van der Waals surface area contributed by atoms with E-state index in [1.165, 1.54) is 16.8 Å². The van der Waals surface area contributed by atoms with Gasteiger partial charge in [-0.05, 0) is 62.2 Å². The number of rotatable bonds is 5.